The second-order valence-corrected chi connectivity index (χ2v) is 6.52. The Kier molecular flexibility index (Phi) is 6.98. The molecule has 0 amide bonds. The number of alkyl halides is 3. The molecule has 0 aliphatic rings. The van der Waals surface area contributed by atoms with E-state index in [1.165, 1.54) is 25.3 Å². The third-order valence-corrected chi connectivity index (χ3v) is 4.38. The van der Waals surface area contributed by atoms with Gasteiger partial charge in [0.15, 0.2) is 11.5 Å². The summed E-state index contributed by atoms with van der Waals surface area (Å²) in [6, 6.07) is 9.68. The Morgan fingerprint density at radius 1 is 1.25 bits per heavy atom. The van der Waals surface area contributed by atoms with Gasteiger partial charge in [-0.05, 0) is 54.8 Å². The third-order valence-electron chi connectivity index (χ3n) is 4.10. The van der Waals surface area contributed by atoms with Gasteiger partial charge in [0.2, 0.25) is 0 Å². The zero-order valence-corrected chi connectivity index (χ0v) is 16.4. The van der Waals surface area contributed by atoms with E-state index in [9.17, 15) is 18.4 Å². The van der Waals surface area contributed by atoms with Crippen molar-refractivity contribution in [2.24, 2.45) is 0 Å². The molecule has 28 heavy (non-hydrogen) atoms. The molecule has 0 aliphatic heterocycles. The Labute approximate surface area is 167 Å². The standard InChI is InChI=1S/C21H19ClF3NO2/c1-4-13(2)28-20-18(22)10-14(11-19(20)27-3)9-16(12-26)15-5-7-17(8-6-15)21(23,24)25/h5-11,13H,4H2,1-3H3/b16-9-/t13-/m1/s1. The second-order valence-electron chi connectivity index (χ2n) is 6.12. The molecule has 2 rings (SSSR count). The summed E-state index contributed by atoms with van der Waals surface area (Å²) in [6.07, 6.45) is -2.17. The number of hydrogen-bond donors (Lipinski definition) is 0. The van der Waals surface area contributed by atoms with E-state index in [-0.39, 0.29) is 11.7 Å². The van der Waals surface area contributed by atoms with Crippen molar-refractivity contribution in [1.29, 1.82) is 5.26 Å². The maximum Gasteiger partial charge on any atom is 0.416 e. The highest BCUT2D eigenvalue weighted by Crippen LogP contribution is 2.38. The molecular weight excluding hydrogens is 391 g/mol. The highest BCUT2D eigenvalue weighted by atomic mass is 35.5. The van der Waals surface area contributed by atoms with Crippen LogP contribution in [0.4, 0.5) is 13.2 Å². The van der Waals surface area contributed by atoms with Gasteiger partial charge in [-0.15, -0.1) is 0 Å². The summed E-state index contributed by atoms with van der Waals surface area (Å²) in [4.78, 5) is 0. The number of nitrogens with zero attached hydrogens (tertiary/aromatic N) is 1. The summed E-state index contributed by atoms with van der Waals surface area (Å²) in [6.45, 7) is 3.88. The zero-order chi connectivity index (χ0) is 20.9. The summed E-state index contributed by atoms with van der Waals surface area (Å²) in [5.74, 6) is 0.812. The van der Waals surface area contributed by atoms with Crippen LogP contribution in [0.2, 0.25) is 5.02 Å². The molecule has 0 bridgehead atoms. The summed E-state index contributed by atoms with van der Waals surface area (Å²) < 4.78 is 49.3. The predicted octanol–water partition coefficient (Wildman–Crippen LogP) is 6.61. The zero-order valence-electron chi connectivity index (χ0n) is 15.6. The van der Waals surface area contributed by atoms with Crippen molar-refractivity contribution in [2.75, 3.05) is 7.11 Å². The lowest BCUT2D eigenvalue weighted by Gasteiger charge is -2.17. The number of benzene rings is 2. The molecule has 0 unspecified atom stereocenters. The van der Waals surface area contributed by atoms with Crippen LogP contribution in [0.25, 0.3) is 11.6 Å². The van der Waals surface area contributed by atoms with Crippen molar-refractivity contribution in [3.05, 3.63) is 58.1 Å². The third kappa shape index (κ3) is 5.20. The fourth-order valence-electron chi connectivity index (χ4n) is 2.41. The lowest BCUT2D eigenvalue weighted by molar-refractivity contribution is -0.137. The van der Waals surface area contributed by atoms with Crippen molar-refractivity contribution in [1.82, 2.24) is 0 Å². The first-order valence-corrected chi connectivity index (χ1v) is 8.91. The van der Waals surface area contributed by atoms with Gasteiger partial charge in [0.25, 0.3) is 0 Å². The molecule has 3 nitrogen and oxygen atoms in total. The van der Waals surface area contributed by atoms with Crippen LogP contribution in [0, 0.1) is 11.3 Å². The molecule has 0 aromatic heterocycles. The van der Waals surface area contributed by atoms with Crippen molar-refractivity contribution < 1.29 is 22.6 Å². The summed E-state index contributed by atoms with van der Waals surface area (Å²) in [5, 5.41) is 9.76. The summed E-state index contributed by atoms with van der Waals surface area (Å²) in [7, 11) is 1.48. The Bertz CT molecular complexity index is 900. The number of nitriles is 1. The van der Waals surface area contributed by atoms with E-state index in [1.54, 1.807) is 12.1 Å². The first-order chi connectivity index (χ1) is 13.2. The first kappa shape index (κ1) is 21.6. The number of methoxy groups -OCH3 is 1. The summed E-state index contributed by atoms with van der Waals surface area (Å²) >= 11 is 6.32. The van der Waals surface area contributed by atoms with Gasteiger partial charge >= 0.3 is 6.18 Å². The molecular formula is C21H19ClF3NO2. The molecule has 0 N–H and O–H groups in total. The largest absolute Gasteiger partial charge is 0.493 e. The molecule has 7 heteroatoms. The molecule has 0 saturated carbocycles. The van der Waals surface area contributed by atoms with Gasteiger partial charge in [-0.3, -0.25) is 0 Å². The monoisotopic (exact) mass is 409 g/mol. The average Bonchev–Trinajstić information content (AvgIpc) is 2.67. The Morgan fingerprint density at radius 3 is 2.39 bits per heavy atom. The van der Waals surface area contributed by atoms with Crippen LogP contribution < -0.4 is 9.47 Å². The maximum atomic E-state index is 12.7. The molecule has 0 heterocycles. The molecule has 148 valence electrons. The number of hydrogen-bond acceptors (Lipinski definition) is 3. The molecule has 2 aromatic carbocycles. The summed E-state index contributed by atoms with van der Waals surface area (Å²) in [5.41, 5.74) is 0.354. The first-order valence-electron chi connectivity index (χ1n) is 8.53. The maximum absolute atomic E-state index is 12.7. The van der Waals surface area contributed by atoms with Gasteiger partial charge in [-0.25, -0.2) is 0 Å². The highest BCUT2D eigenvalue weighted by molar-refractivity contribution is 6.32. The van der Waals surface area contributed by atoms with Crippen LogP contribution in [-0.4, -0.2) is 13.2 Å². The number of ether oxygens (including phenoxy) is 2. The number of halogens is 4. The van der Waals surface area contributed by atoms with E-state index in [2.05, 4.69) is 0 Å². The van der Waals surface area contributed by atoms with Crippen LogP contribution in [0.1, 0.15) is 37.0 Å². The topological polar surface area (TPSA) is 42.2 Å². The minimum atomic E-state index is -4.43. The lowest BCUT2D eigenvalue weighted by atomic mass is 10.0. The van der Waals surface area contributed by atoms with Gasteiger partial charge < -0.3 is 9.47 Å². The van der Waals surface area contributed by atoms with E-state index in [0.29, 0.717) is 27.6 Å². The van der Waals surface area contributed by atoms with Crippen LogP contribution in [0.15, 0.2) is 36.4 Å². The van der Waals surface area contributed by atoms with E-state index in [0.717, 1.165) is 18.6 Å². The van der Waals surface area contributed by atoms with Crippen molar-refractivity contribution >= 4 is 23.3 Å². The van der Waals surface area contributed by atoms with Gasteiger partial charge in [0.05, 0.1) is 35.4 Å². The molecule has 1 atom stereocenters. The fraction of sp³-hybridized carbons (Fsp3) is 0.286. The Morgan fingerprint density at radius 2 is 1.89 bits per heavy atom. The molecule has 0 spiro atoms. The Balaban J connectivity index is 2.41. The smallest absolute Gasteiger partial charge is 0.416 e. The van der Waals surface area contributed by atoms with Crippen LogP contribution in [0.5, 0.6) is 11.5 Å². The SMILES string of the molecule is CC[C@@H](C)Oc1c(Cl)cc(/C=C(/C#N)c2ccc(C(F)(F)F)cc2)cc1OC. The number of rotatable bonds is 6. The molecule has 0 saturated heterocycles. The van der Waals surface area contributed by atoms with Crippen molar-refractivity contribution in [2.45, 2.75) is 32.5 Å². The Hall–Kier alpha value is -2.65. The number of allylic oxidation sites excluding steroid dienone is 1. The van der Waals surface area contributed by atoms with E-state index in [4.69, 9.17) is 21.1 Å². The predicted molar refractivity (Wildman–Crippen MR) is 103 cm³/mol. The van der Waals surface area contributed by atoms with Crippen LogP contribution in [0.3, 0.4) is 0 Å². The molecule has 0 fully saturated rings. The minimum absolute atomic E-state index is 0.0605. The van der Waals surface area contributed by atoms with Gasteiger partial charge in [-0.2, -0.15) is 18.4 Å². The quantitative estimate of drug-likeness (QED) is 0.398. The van der Waals surface area contributed by atoms with Gasteiger partial charge in [0, 0.05) is 0 Å². The second kappa shape index (κ2) is 9.03. The lowest BCUT2D eigenvalue weighted by Crippen LogP contribution is -2.11. The average molecular weight is 410 g/mol. The molecule has 0 aliphatic carbocycles. The minimum Gasteiger partial charge on any atom is -0.493 e. The van der Waals surface area contributed by atoms with Crippen LogP contribution in [-0.2, 0) is 6.18 Å². The van der Waals surface area contributed by atoms with Crippen molar-refractivity contribution in [3.63, 3.8) is 0 Å². The van der Waals surface area contributed by atoms with E-state index < -0.39 is 11.7 Å². The van der Waals surface area contributed by atoms with Gasteiger partial charge in [-0.1, -0.05) is 30.7 Å². The van der Waals surface area contributed by atoms with E-state index >= 15 is 0 Å². The molecule has 0 radical (unpaired) electrons. The van der Waals surface area contributed by atoms with Gasteiger partial charge in [0.1, 0.15) is 0 Å². The highest BCUT2D eigenvalue weighted by Gasteiger charge is 2.30. The van der Waals surface area contributed by atoms with Crippen LogP contribution >= 0.6 is 11.6 Å². The van der Waals surface area contributed by atoms with Crippen molar-refractivity contribution in [3.8, 4) is 17.6 Å². The normalized spacial score (nSPS) is 13.0. The fourth-order valence-corrected chi connectivity index (χ4v) is 2.67. The molecule has 2 aromatic rings. The van der Waals surface area contributed by atoms with E-state index in [1.807, 2.05) is 19.9 Å².